The van der Waals surface area contributed by atoms with Gasteiger partial charge in [0, 0.05) is 22.5 Å². The van der Waals surface area contributed by atoms with Gasteiger partial charge in [0.05, 0.1) is 21.3 Å². The fraction of sp³-hybridized carbons (Fsp3) is 0.400. The molecular weight excluding hydrogens is 450 g/mol. The molecule has 3 nitrogen and oxygen atoms in total. The number of rotatable bonds is 5. The Balaban J connectivity index is 1.78. The van der Waals surface area contributed by atoms with E-state index < -0.39 is 0 Å². The third-order valence-corrected chi connectivity index (χ3v) is 7.62. The predicted molar refractivity (Wildman–Crippen MR) is 97.8 cm³/mol. The van der Waals surface area contributed by atoms with Crippen molar-refractivity contribution in [1.29, 1.82) is 0 Å². The van der Waals surface area contributed by atoms with Gasteiger partial charge in [-0.15, -0.1) is 22.7 Å². The van der Waals surface area contributed by atoms with Gasteiger partial charge in [0.15, 0.2) is 0 Å². The van der Waals surface area contributed by atoms with Crippen molar-refractivity contribution in [2.75, 3.05) is 13.2 Å². The number of carbonyl (C=O) groups is 1. The van der Waals surface area contributed by atoms with Crippen molar-refractivity contribution in [3.63, 3.8) is 0 Å². The average molecular weight is 465 g/mol. The molecule has 1 saturated heterocycles. The lowest BCUT2D eigenvalue weighted by Gasteiger charge is -2.24. The number of halogens is 2. The number of nitrogens with zero attached hydrogens (tertiary/aromatic N) is 1. The van der Waals surface area contributed by atoms with Crippen molar-refractivity contribution in [2.45, 2.75) is 25.5 Å². The van der Waals surface area contributed by atoms with Gasteiger partial charge in [0.2, 0.25) is 0 Å². The molecule has 0 N–H and O–H groups in total. The van der Waals surface area contributed by atoms with E-state index in [1.807, 2.05) is 22.4 Å². The Bertz CT molecular complexity index is 617. The van der Waals surface area contributed by atoms with Gasteiger partial charge in [0.25, 0.3) is 5.91 Å². The van der Waals surface area contributed by atoms with Crippen molar-refractivity contribution in [3.05, 3.63) is 41.6 Å². The van der Waals surface area contributed by atoms with Gasteiger partial charge < -0.3 is 9.64 Å². The zero-order valence-corrected chi connectivity index (χ0v) is 16.6. The van der Waals surface area contributed by atoms with Crippen LogP contribution in [0.1, 0.15) is 27.4 Å². The van der Waals surface area contributed by atoms with Gasteiger partial charge in [-0.25, -0.2) is 0 Å². The Morgan fingerprint density at radius 3 is 2.91 bits per heavy atom. The van der Waals surface area contributed by atoms with E-state index in [0.29, 0.717) is 13.1 Å². The van der Waals surface area contributed by atoms with Gasteiger partial charge in [-0.3, -0.25) is 4.79 Å². The van der Waals surface area contributed by atoms with Crippen LogP contribution in [0.2, 0.25) is 0 Å². The molecule has 1 aliphatic heterocycles. The number of hydrogen-bond acceptors (Lipinski definition) is 4. The van der Waals surface area contributed by atoms with Crippen LogP contribution in [0.4, 0.5) is 0 Å². The first-order chi connectivity index (χ1) is 10.6. The fourth-order valence-electron chi connectivity index (χ4n) is 2.45. The van der Waals surface area contributed by atoms with Crippen LogP contribution < -0.4 is 0 Å². The summed E-state index contributed by atoms with van der Waals surface area (Å²) in [4.78, 5) is 16.7. The van der Waals surface area contributed by atoms with Crippen LogP contribution in [-0.4, -0.2) is 30.1 Å². The van der Waals surface area contributed by atoms with Crippen LogP contribution in [0, 0.1) is 0 Å². The molecule has 22 heavy (non-hydrogen) atoms. The average Bonchev–Trinajstić information content (AvgIpc) is 3.22. The molecular formula is C15H15Br2NO2S2. The van der Waals surface area contributed by atoms with Crippen molar-refractivity contribution in [1.82, 2.24) is 4.90 Å². The lowest BCUT2D eigenvalue weighted by Crippen LogP contribution is -2.36. The Morgan fingerprint density at radius 2 is 2.32 bits per heavy atom. The molecule has 1 amide bonds. The first-order valence-electron chi connectivity index (χ1n) is 7.01. The second kappa shape index (κ2) is 7.57. The maximum absolute atomic E-state index is 12.9. The number of ether oxygens (including phenoxy) is 1. The predicted octanol–water partition coefficient (Wildman–Crippen LogP) is 5.16. The standard InChI is InChI=1S/C15H15Br2NO2S2/c16-12-7-13(22-14(12)17)15(19)18(8-10-3-1-5-20-10)9-11-4-2-6-21-11/h2,4,6-7,10H,1,3,5,8-9H2. The highest BCUT2D eigenvalue weighted by Crippen LogP contribution is 2.33. The molecule has 7 heteroatoms. The minimum atomic E-state index is 0.0697. The molecule has 0 aliphatic carbocycles. The summed E-state index contributed by atoms with van der Waals surface area (Å²) in [5.74, 6) is 0.0697. The summed E-state index contributed by atoms with van der Waals surface area (Å²) in [6, 6.07) is 5.97. The monoisotopic (exact) mass is 463 g/mol. The molecule has 1 atom stereocenters. The lowest BCUT2D eigenvalue weighted by molar-refractivity contribution is 0.0513. The molecule has 118 valence electrons. The van der Waals surface area contributed by atoms with E-state index >= 15 is 0 Å². The molecule has 2 aromatic heterocycles. The minimum Gasteiger partial charge on any atom is -0.376 e. The number of amides is 1. The van der Waals surface area contributed by atoms with Crippen LogP contribution in [0.25, 0.3) is 0 Å². The zero-order chi connectivity index (χ0) is 15.5. The normalized spacial score (nSPS) is 17.8. The van der Waals surface area contributed by atoms with E-state index in [9.17, 15) is 4.79 Å². The van der Waals surface area contributed by atoms with Crippen molar-refractivity contribution in [3.8, 4) is 0 Å². The highest BCUT2D eigenvalue weighted by atomic mass is 79.9. The van der Waals surface area contributed by atoms with Crippen molar-refractivity contribution >= 4 is 60.4 Å². The van der Waals surface area contributed by atoms with Crippen molar-refractivity contribution in [2.24, 2.45) is 0 Å². The zero-order valence-electron chi connectivity index (χ0n) is 11.8. The van der Waals surface area contributed by atoms with Crippen LogP contribution in [0.15, 0.2) is 31.8 Å². The van der Waals surface area contributed by atoms with Gasteiger partial charge in [-0.2, -0.15) is 0 Å². The number of thiophene rings is 2. The number of carbonyl (C=O) groups excluding carboxylic acids is 1. The minimum absolute atomic E-state index is 0.0697. The molecule has 0 aromatic carbocycles. The Hall–Kier alpha value is -0.210. The first kappa shape index (κ1) is 16.6. The molecule has 0 spiro atoms. The summed E-state index contributed by atoms with van der Waals surface area (Å²) >= 11 is 10.1. The second-order valence-electron chi connectivity index (χ2n) is 5.13. The molecule has 3 heterocycles. The maximum atomic E-state index is 12.9. The van der Waals surface area contributed by atoms with Crippen LogP contribution in [0.5, 0.6) is 0 Å². The van der Waals surface area contributed by atoms with Gasteiger partial charge in [-0.05, 0) is 62.2 Å². The highest BCUT2D eigenvalue weighted by molar-refractivity contribution is 9.13. The van der Waals surface area contributed by atoms with Gasteiger partial charge >= 0.3 is 0 Å². The van der Waals surface area contributed by atoms with E-state index in [1.54, 1.807) is 11.3 Å². The Morgan fingerprint density at radius 1 is 1.45 bits per heavy atom. The molecule has 0 saturated carbocycles. The van der Waals surface area contributed by atoms with Crippen LogP contribution in [-0.2, 0) is 11.3 Å². The summed E-state index contributed by atoms with van der Waals surface area (Å²) in [5, 5.41) is 2.04. The summed E-state index contributed by atoms with van der Waals surface area (Å²) in [6.45, 7) is 2.11. The summed E-state index contributed by atoms with van der Waals surface area (Å²) in [6.07, 6.45) is 2.28. The SMILES string of the molecule is O=C(c1cc(Br)c(Br)s1)N(Cc1cccs1)CC1CCCO1. The topological polar surface area (TPSA) is 29.5 Å². The molecule has 1 fully saturated rings. The second-order valence-corrected chi connectivity index (χ2v) is 9.39. The molecule has 0 bridgehead atoms. The van der Waals surface area contributed by atoms with Crippen LogP contribution in [0.3, 0.4) is 0 Å². The van der Waals surface area contributed by atoms with E-state index in [-0.39, 0.29) is 12.0 Å². The Kier molecular flexibility index (Phi) is 5.73. The summed E-state index contributed by atoms with van der Waals surface area (Å²) < 4.78 is 7.59. The molecule has 0 radical (unpaired) electrons. The van der Waals surface area contributed by atoms with Crippen LogP contribution >= 0.6 is 54.5 Å². The van der Waals surface area contributed by atoms with Crippen molar-refractivity contribution < 1.29 is 9.53 Å². The molecule has 3 rings (SSSR count). The highest BCUT2D eigenvalue weighted by Gasteiger charge is 2.25. The van der Waals surface area contributed by atoms with E-state index in [0.717, 1.165) is 32.6 Å². The molecule has 1 unspecified atom stereocenters. The largest absolute Gasteiger partial charge is 0.376 e. The van der Waals surface area contributed by atoms with E-state index in [4.69, 9.17) is 4.74 Å². The molecule has 2 aromatic rings. The maximum Gasteiger partial charge on any atom is 0.264 e. The quantitative estimate of drug-likeness (QED) is 0.611. The number of hydrogen-bond donors (Lipinski definition) is 0. The molecule has 1 aliphatic rings. The van der Waals surface area contributed by atoms with E-state index in [2.05, 4.69) is 37.9 Å². The fourth-order valence-corrected chi connectivity index (χ4v) is 5.17. The van der Waals surface area contributed by atoms with E-state index in [1.165, 1.54) is 16.2 Å². The third kappa shape index (κ3) is 4.00. The lowest BCUT2D eigenvalue weighted by atomic mass is 10.2. The third-order valence-electron chi connectivity index (χ3n) is 3.52. The summed E-state index contributed by atoms with van der Waals surface area (Å²) in [7, 11) is 0. The Labute approximate surface area is 154 Å². The first-order valence-corrected chi connectivity index (χ1v) is 10.3. The summed E-state index contributed by atoms with van der Waals surface area (Å²) in [5.41, 5.74) is 0. The van der Waals surface area contributed by atoms with Gasteiger partial charge in [0.1, 0.15) is 0 Å². The van der Waals surface area contributed by atoms with Gasteiger partial charge in [-0.1, -0.05) is 6.07 Å². The smallest absolute Gasteiger partial charge is 0.264 e.